The van der Waals surface area contributed by atoms with Crippen molar-refractivity contribution >= 4 is 29.1 Å². The number of ether oxygens (including phenoxy) is 2. The van der Waals surface area contributed by atoms with Crippen molar-refractivity contribution in [1.82, 2.24) is 24.8 Å². The summed E-state index contributed by atoms with van der Waals surface area (Å²) in [6.45, 7) is 2.98. The maximum Gasteiger partial charge on any atom is 0.330 e. The van der Waals surface area contributed by atoms with Crippen molar-refractivity contribution in [3.8, 4) is 28.3 Å². The fourth-order valence-corrected chi connectivity index (χ4v) is 6.58. The van der Waals surface area contributed by atoms with Crippen molar-refractivity contribution < 1.29 is 19.1 Å². The van der Waals surface area contributed by atoms with Gasteiger partial charge in [0.1, 0.15) is 12.2 Å². The van der Waals surface area contributed by atoms with Crippen LogP contribution in [0.1, 0.15) is 39.5 Å². The third-order valence-electron chi connectivity index (χ3n) is 8.72. The van der Waals surface area contributed by atoms with E-state index in [1.807, 2.05) is 37.3 Å². The first kappa shape index (κ1) is 32.2. The number of morpholine rings is 1. The highest BCUT2D eigenvalue weighted by atomic mass is 35.5. The second kappa shape index (κ2) is 13.1. The van der Waals surface area contributed by atoms with Crippen molar-refractivity contribution in [1.29, 1.82) is 0 Å². The van der Waals surface area contributed by atoms with Crippen LogP contribution in [0.3, 0.4) is 0 Å². The van der Waals surface area contributed by atoms with Gasteiger partial charge in [-0.05, 0) is 48.6 Å². The van der Waals surface area contributed by atoms with Gasteiger partial charge in [-0.3, -0.25) is 19.0 Å². The first-order chi connectivity index (χ1) is 22.6. The zero-order valence-corrected chi connectivity index (χ0v) is 27.2. The topological polar surface area (TPSA) is 146 Å². The van der Waals surface area contributed by atoms with Gasteiger partial charge in [0.05, 0.1) is 30.5 Å². The number of benzene rings is 2. The highest BCUT2D eigenvalue weighted by Crippen LogP contribution is 2.43. The number of carbonyl (C=O) groups is 2. The summed E-state index contributed by atoms with van der Waals surface area (Å²) in [7, 11) is 4.41. The van der Waals surface area contributed by atoms with Crippen molar-refractivity contribution in [2.24, 2.45) is 14.1 Å². The van der Waals surface area contributed by atoms with Crippen LogP contribution in [-0.4, -0.2) is 58.8 Å². The van der Waals surface area contributed by atoms with Gasteiger partial charge >= 0.3 is 5.69 Å². The Hall–Kier alpha value is -4.78. The molecule has 2 amide bonds. The van der Waals surface area contributed by atoms with Gasteiger partial charge in [-0.1, -0.05) is 41.9 Å². The van der Waals surface area contributed by atoms with E-state index in [-0.39, 0.29) is 30.2 Å². The number of hydrogen-bond donors (Lipinski definition) is 3. The molecule has 2 aromatic heterocycles. The monoisotopic (exact) mass is 658 g/mol. The third-order valence-corrected chi connectivity index (χ3v) is 9.13. The van der Waals surface area contributed by atoms with Crippen LogP contribution in [0.5, 0.6) is 5.88 Å². The Balaban J connectivity index is 1.28. The number of rotatable bonds is 8. The van der Waals surface area contributed by atoms with Crippen LogP contribution in [0.2, 0.25) is 5.02 Å². The van der Waals surface area contributed by atoms with Crippen molar-refractivity contribution in [3.63, 3.8) is 0 Å². The molecule has 6 rings (SSSR count). The second-order valence-electron chi connectivity index (χ2n) is 11.8. The van der Waals surface area contributed by atoms with Crippen LogP contribution in [0.4, 0.5) is 5.69 Å². The Bertz CT molecular complexity index is 2020. The van der Waals surface area contributed by atoms with E-state index in [2.05, 4.69) is 16.0 Å². The number of aryl methyl sites for hydroxylation is 2. The van der Waals surface area contributed by atoms with Crippen LogP contribution >= 0.6 is 11.6 Å². The number of aromatic nitrogens is 3. The lowest BCUT2D eigenvalue weighted by Gasteiger charge is -2.26. The molecule has 4 aromatic rings. The minimum Gasteiger partial charge on any atom is -0.481 e. The summed E-state index contributed by atoms with van der Waals surface area (Å²) < 4.78 is 13.2. The molecule has 244 valence electrons. The van der Waals surface area contributed by atoms with Gasteiger partial charge in [0.25, 0.3) is 11.5 Å². The zero-order valence-electron chi connectivity index (χ0n) is 26.5. The van der Waals surface area contributed by atoms with E-state index in [1.165, 1.54) is 24.9 Å². The molecule has 13 heteroatoms. The Morgan fingerprint density at radius 3 is 2.64 bits per heavy atom. The number of carbonyl (C=O) groups excluding carboxylic acids is 2. The number of anilines is 1. The highest BCUT2D eigenvalue weighted by Gasteiger charge is 2.30. The molecule has 0 radical (unpaired) electrons. The molecular formula is C34H35ClN6O6. The van der Waals surface area contributed by atoms with Gasteiger partial charge in [0.2, 0.25) is 11.8 Å². The van der Waals surface area contributed by atoms with Gasteiger partial charge in [-0.25, -0.2) is 9.78 Å². The lowest BCUT2D eigenvalue weighted by molar-refractivity contribution is -0.131. The number of amides is 2. The minimum absolute atomic E-state index is 0.0173. The maximum atomic E-state index is 13.2. The van der Waals surface area contributed by atoms with Crippen LogP contribution in [0.25, 0.3) is 22.4 Å². The molecule has 0 saturated carbocycles. The smallest absolute Gasteiger partial charge is 0.330 e. The van der Waals surface area contributed by atoms with Crippen LogP contribution in [-0.2, 0) is 30.0 Å². The van der Waals surface area contributed by atoms with Gasteiger partial charge in [0, 0.05) is 55.3 Å². The fraction of sp³-hybridized carbons (Fsp3) is 0.324. The molecule has 1 fully saturated rings. The van der Waals surface area contributed by atoms with E-state index in [4.69, 9.17) is 26.1 Å². The molecule has 3 N–H and O–H groups in total. The number of halogens is 1. The van der Waals surface area contributed by atoms with Gasteiger partial charge in [0.15, 0.2) is 0 Å². The molecular weight excluding hydrogens is 624 g/mol. The van der Waals surface area contributed by atoms with Crippen molar-refractivity contribution in [2.45, 2.75) is 31.8 Å². The number of methoxy groups -OCH3 is 1. The Morgan fingerprint density at radius 2 is 1.87 bits per heavy atom. The van der Waals surface area contributed by atoms with Gasteiger partial charge in [-0.15, -0.1) is 0 Å². The standard InChI is InChI=1S/C34H35ClN6O6/c1-18-21(7-6-10-25(18)38-31(43)24-15-40(2)34(45)41(3)33(24)44)22-8-5-9-23(30(22)35)27-13-19-11-12-26(29(19)32(39-27)46-4)36-14-20-16-47-17-28(42)37-20/h5-10,13,15,20,26,36H,11-12,14,16-17H2,1-4H3,(H,37,42)(H,38,43). The highest BCUT2D eigenvalue weighted by molar-refractivity contribution is 6.36. The molecule has 1 aliphatic carbocycles. The van der Waals surface area contributed by atoms with E-state index in [9.17, 15) is 19.2 Å². The number of nitrogens with one attached hydrogen (secondary N) is 3. The van der Waals surface area contributed by atoms with Crippen LogP contribution in [0.15, 0.2) is 58.3 Å². The Morgan fingerprint density at radius 1 is 1.13 bits per heavy atom. The summed E-state index contributed by atoms with van der Waals surface area (Å²) in [6, 6.07) is 13.1. The molecule has 12 nitrogen and oxygen atoms in total. The fourth-order valence-electron chi connectivity index (χ4n) is 6.26. The summed E-state index contributed by atoms with van der Waals surface area (Å²) >= 11 is 7.09. The second-order valence-corrected chi connectivity index (χ2v) is 12.1. The summed E-state index contributed by atoms with van der Waals surface area (Å²) in [5, 5.41) is 9.81. The average molecular weight is 659 g/mol. The Labute approximate surface area is 275 Å². The zero-order chi connectivity index (χ0) is 33.4. The summed E-state index contributed by atoms with van der Waals surface area (Å²) in [5.41, 5.74) is 4.94. The van der Waals surface area contributed by atoms with E-state index in [0.717, 1.165) is 50.8 Å². The summed E-state index contributed by atoms with van der Waals surface area (Å²) in [4.78, 5) is 54.5. The molecule has 0 bridgehead atoms. The molecule has 1 saturated heterocycles. The molecule has 47 heavy (non-hydrogen) atoms. The average Bonchev–Trinajstić information content (AvgIpc) is 3.48. The molecule has 2 unspecified atom stereocenters. The molecule has 2 atom stereocenters. The number of nitrogens with zero attached hydrogens (tertiary/aromatic N) is 3. The lowest BCUT2D eigenvalue weighted by Crippen LogP contribution is -2.50. The van der Waals surface area contributed by atoms with E-state index in [1.54, 1.807) is 19.2 Å². The lowest BCUT2D eigenvalue weighted by atomic mass is 9.96. The van der Waals surface area contributed by atoms with Crippen LogP contribution < -0.4 is 31.9 Å². The SMILES string of the molecule is COc1nc(-c2cccc(-c3cccc(NC(=O)c4cn(C)c(=O)n(C)c4=O)c3C)c2Cl)cc2c1C(NCC1COCC(=O)N1)CC2. The quantitative estimate of drug-likeness (QED) is 0.262. The predicted molar refractivity (Wildman–Crippen MR) is 178 cm³/mol. The third kappa shape index (κ3) is 6.19. The number of hydrogen-bond acceptors (Lipinski definition) is 8. The summed E-state index contributed by atoms with van der Waals surface area (Å²) in [5.74, 6) is -0.221. The van der Waals surface area contributed by atoms with E-state index < -0.39 is 17.2 Å². The molecule has 1 aliphatic heterocycles. The van der Waals surface area contributed by atoms with Crippen molar-refractivity contribution in [2.75, 3.05) is 32.2 Å². The predicted octanol–water partition coefficient (Wildman–Crippen LogP) is 3.13. The first-order valence-electron chi connectivity index (χ1n) is 15.2. The van der Waals surface area contributed by atoms with E-state index >= 15 is 0 Å². The molecule has 0 spiro atoms. The number of fused-ring (bicyclic) bond motifs is 1. The number of pyridine rings is 1. The summed E-state index contributed by atoms with van der Waals surface area (Å²) in [6.07, 6.45) is 2.92. The minimum atomic E-state index is -0.679. The molecule has 2 aliphatic rings. The Kier molecular flexibility index (Phi) is 9.00. The molecule has 3 heterocycles. The maximum absolute atomic E-state index is 13.2. The van der Waals surface area contributed by atoms with Crippen molar-refractivity contribution in [3.05, 3.63) is 96.8 Å². The normalized spacial score (nSPS) is 17.3. The van der Waals surface area contributed by atoms with Gasteiger partial charge in [-0.2, -0.15) is 0 Å². The largest absolute Gasteiger partial charge is 0.481 e. The van der Waals surface area contributed by atoms with Gasteiger partial charge < -0.3 is 30.0 Å². The molecule has 2 aromatic carbocycles. The van der Waals surface area contributed by atoms with Crippen LogP contribution in [0, 0.1) is 6.92 Å². The first-order valence-corrected chi connectivity index (χ1v) is 15.6. The van der Waals surface area contributed by atoms with E-state index in [0.29, 0.717) is 35.4 Å².